The Morgan fingerprint density at radius 1 is 1.12 bits per heavy atom. The number of nitrogens with one attached hydrogen (secondary N) is 2. The maximum atomic E-state index is 13.0. The molecule has 10 heteroatoms. The van der Waals surface area contributed by atoms with E-state index in [2.05, 4.69) is 15.6 Å². The molecule has 1 aromatic heterocycles. The maximum absolute atomic E-state index is 13.0. The summed E-state index contributed by atoms with van der Waals surface area (Å²) in [6.07, 6.45) is -2.57. The molecule has 0 bridgehead atoms. The zero-order valence-electron chi connectivity index (χ0n) is 18.2. The van der Waals surface area contributed by atoms with Crippen molar-refractivity contribution in [1.29, 1.82) is 0 Å². The predicted octanol–water partition coefficient (Wildman–Crippen LogP) is 5.30. The van der Waals surface area contributed by atoms with Crippen LogP contribution in [0.15, 0.2) is 48.5 Å². The van der Waals surface area contributed by atoms with Crippen LogP contribution in [0.5, 0.6) is 0 Å². The van der Waals surface area contributed by atoms with Crippen LogP contribution in [0.3, 0.4) is 0 Å². The molecule has 2 N–H and O–H groups in total. The molecule has 0 aliphatic carbocycles. The van der Waals surface area contributed by atoms with Crippen molar-refractivity contribution in [3.05, 3.63) is 70.2 Å². The number of amides is 2. The highest BCUT2D eigenvalue weighted by Gasteiger charge is 2.30. The van der Waals surface area contributed by atoms with Crippen LogP contribution in [0.25, 0.3) is 10.6 Å². The summed E-state index contributed by atoms with van der Waals surface area (Å²) in [6.45, 7) is 2.74. The van der Waals surface area contributed by atoms with Gasteiger partial charge in [0.15, 0.2) is 0 Å². The number of alkyl halides is 3. The molecule has 1 atom stereocenters. The van der Waals surface area contributed by atoms with E-state index in [0.29, 0.717) is 45.5 Å². The lowest BCUT2D eigenvalue weighted by atomic mass is 10.1. The molecule has 34 heavy (non-hydrogen) atoms. The first-order chi connectivity index (χ1) is 16.2. The molecule has 2 heterocycles. The SMILES string of the molecule is Cc1nc(-c2ccc(C(F)(F)F)cc2)sc1C(=O)Nc1ccccc1C(=O)NCC1CCCO1. The van der Waals surface area contributed by atoms with Crippen LogP contribution in [0.2, 0.25) is 0 Å². The molecular weight excluding hydrogens is 467 g/mol. The van der Waals surface area contributed by atoms with Gasteiger partial charge in [-0.2, -0.15) is 13.2 Å². The third-order valence-electron chi connectivity index (χ3n) is 5.40. The van der Waals surface area contributed by atoms with Crippen molar-refractivity contribution in [2.75, 3.05) is 18.5 Å². The fraction of sp³-hybridized carbons (Fsp3) is 0.292. The Morgan fingerprint density at radius 3 is 2.53 bits per heavy atom. The van der Waals surface area contributed by atoms with E-state index in [0.717, 1.165) is 36.3 Å². The number of carbonyl (C=O) groups is 2. The molecule has 2 aromatic carbocycles. The molecule has 0 spiro atoms. The third-order valence-corrected chi connectivity index (χ3v) is 6.60. The standard InChI is InChI=1S/C24H22F3N3O3S/c1-14-20(34-23(29-14)15-8-10-16(11-9-15)24(25,26)27)22(32)30-19-7-3-2-6-18(19)21(31)28-13-17-5-4-12-33-17/h2-3,6-11,17H,4-5,12-13H2,1H3,(H,28,31)(H,30,32). The van der Waals surface area contributed by atoms with Crippen molar-refractivity contribution >= 4 is 28.8 Å². The molecule has 1 aliphatic rings. The summed E-state index contributed by atoms with van der Waals surface area (Å²) in [5.74, 6) is -0.773. The van der Waals surface area contributed by atoms with Crippen molar-refractivity contribution in [2.45, 2.75) is 32.0 Å². The lowest BCUT2D eigenvalue weighted by Crippen LogP contribution is -2.32. The van der Waals surface area contributed by atoms with Gasteiger partial charge in [0.05, 0.1) is 28.6 Å². The van der Waals surface area contributed by atoms with Crippen LogP contribution in [0.1, 0.15) is 44.1 Å². The highest BCUT2D eigenvalue weighted by molar-refractivity contribution is 7.17. The largest absolute Gasteiger partial charge is 0.416 e. The third kappa shape index (κ3) is 5.45. The Balaban J connectivity index is 1.48. The smallest absolute Gasteiger partial charge is 0.376 e. The van der Waals surface area contributed by atoms with E-state index in [1.807, 2.05) is 0 Å². The number of aromatic nitrogens is 1. The van der Waals surface area contributed by atoms with E-state index < -0.39 is 17.6 Å². The summed E-state index contributed by atoms with van der Waals surface area (Å²) in [6, 6.07) is 11.3. The van der Waals surface area contributed by atoms with Gasteiger partial charge in [0, 0.05) is 18.7 Å². The minimum Gasteiger partial charge on any atom is -0.376 e. The van der Waals surface area contributed by atoms with Crippen LogP contribution >= 0.6 is 11.3 Å². The summed E-state index contributed by atoms with van der Waals surface area (Å²) in [4.78, 5) is 30.3. The Bertz CT molecular complexity index is 1190. The van der Waals surface area contributed by atoms with Gasteiger partial charge < -0.3 is 15.4 Å². The molecule has 2 amide bonds. The molecule has 1 fully saturated rings. The van der Waals surface area contributed by atoms with E-state index in [1.54, 1.807) is 31.2 Å². The van der Waals surface area contributed by atoms with Crippen LogP contribution < -0.4 is 10.6 Å². The first kappa shape index (κ1) is 23.9. The number of hydrogen-bond donors (Lipinski definition) is 2. The summed E-state index contributed by atoms with van der Waals surface area (Å²) in [5.41, 5.74) is 0.837. The summed E-state index contributed by atoms with van der Waals surface area (Å²) in [7, 11) is 0. The van der Waals surface area contributed by atoms with Gasteiger partial charge in [0.2, 0.25) is 0 Å². The second kappa shape index (κ2) is 9.94. The van der Waals surface area contributed by atoms with E-state index in [-0.39, 0.29) is 12.0 Å². The highest BCUT2D eigenvalue weighted by atomic mass is 32.1. The predicted molar refractivity (Wildman–Crippen MR) is 123 cm³/mol. The van der Waals surface area contributed by atoms with Crippen LogP contribution in [0.4, 0.5) is 18.9 Å². The number of benzene rings is 2. The van der Waals surface area contributed by atoms with Gasteiger partial charge in [0.25, 0.3) is 11.8 Å². The van der Waals surface area contributed by atoms with Crippen molar-refractivity contribution in [3.63, 3.8) is 0 Å². The van der Waals surface area contributed by atoms with Crippen molar-refractivity contribution < 1.29 is 27.5 Å². The van der Waals surface area contributed by atoms with Crippen molar-refractivity contribution in [2.24, 2.45) is 0 Å². The van der Waals surface area contributed by atoms with Crippen molar-refractivity contribution in [1.82, 2.24) is 10.3 Å². The monoisotopic (exact) mass is 489 g/mol. The average Bonchev–Trinajstić information content (AvgIpc) is 3.47. The highest BCUT2D eigenvalue weighted by Crippen LogP contribution is 2.33. The lowest BCUT2D eigenvalue weighted by molar-refractivity contribution is -0.137. The van der Waals surface area contributed by atoms with E-state index >= 15 is 0 Å². The summed E-state index contributed by atoms with van der Waals surface area (Å²) in [5, 5.41) is 6.03. The summed E-state index contributed by atoms with van der Waals surface area (Å²) < 4.78 is 44.0. The molecule has 1 saturated heterocycles. The van der Waals surface area contributed by atoms with Crippen LogP contribution in [-0.4, -0.2) is 36.1 Å². The van der Waals surface area contributed by atoms with Gasteiger partial charge in [-0.1, -0.05) is 24.3 Å². The number of anilines is 1. The topological polar surface area (TPSA) is 80.3 Å². The maximum Gasteiger partial charge on any atom is 0.416 e. The van der Waals surface area contributed by atoms with Gasteiger partial charge in [-0.25, -0.2) is 4.98 Å². The van der Waals surface area contributed by atoms with Gasteiger partial charge in [-0.05, 0) is 44.0 Å². The lowest BCUT2D eigenvalue weighted by Gasteiger charge is -2.13. The van der Waals surface area contributed by atoms with Gasteiger partial charge in [0.1, 0.15) is 9.88 Å². The van der Waals surface area contributed by atoms with E-state index in [4.69, 9.17) is 4.74 Å². The number of thiazole rings is 1. The Kier molecular flexibility index (Phi) is 6.99. The molecule has 4 rings (SSSR count). The molecule has 0 radical (unpaired) electrons. The molecule has 6 nitrogen and oxygen atoms in total. The van der Waals surface area contributed by atoms with Gasteiger partial charge >= 0.3 is 6.18 Å². The minimum absolute atomic E-state index is 0.00540. The molecule has 1 unspecified atom stereocenters. The Hall–Kier alpha value is -3.24. The van der Waals surface area contributed by atoms with Crippen LogP contribution in [0, 0.1) is 6.92 Å². The average molecular weight is 490 g/mol. The normalized spacial score (nSPS) is 15.8. The quantitative estimate of drug-likeness (QED) is 0.493. The first-order valence-corrected chi connectivity index (χ1v) is 11.5. The number of halogens is 3. The Morgan fingerprint density at radius 2 is 1.85 bits per heavy atom. The Labute approximate surface area is 198 Å². The molecular formula is C24H22F3N3O3S. The van der Waals surface area contributed by atoms with Gasteiger partial charge in [-0.3, -0.25) is 9.59 Å². The van der Waals surface area contributed by atoms with Crippen LogP contribution in [-0.2, 0) is 10.9 Å². The fourth-order valence-corrected chi connectivity index (χ4v) is 4.58. The zero-order chi connectivity index (χ0) is 24.3. The summed E-state index contributed by atoms with van der Waals surface area (Å²) >= 11 is 1.07. The number of ether oxygens (including phenoxy) is 1. The van der Waals surface area contributed by atoms with Crippen molar-refractivity contribution in [3.8, 4) is 10.6 Å². The zero-order valence-corrected chi connectivity index (χ0v) is 19.1. The number of para-hydroxylation sites is 1. The minimum atomic E-state index is -4.42. The van der Waals surface area contributed by atoms with E-state index in [1.165, 1.54) is 12.1 Å². The molecule has 1 aliphatic heterocycles. The van der Waals surface area contributed by atoms with E-state index in [9.17, 15) is 22.8 Å². The molecule has 3 aromatic rings. The second-order valence-electron chi connectivity index (χ2n) is 7.85. The fourth-order valence-electron chi connectivity index (χ4n) is 3.61. The number of nitrogens with zero attached hydrogens (tertiary/aromatic N) is 1. The molecule has 0 saturated carbocycles. The first-order valence-electron chi connectivity index (χ1n) is 10.7. The number of carbonyl (C=O) groups excluding carboxylic acids is 2. The number of rotatable bonds is 6. The number of hydrogen-bond acceptors (Lipinski definition) is 5. The molecule has 178 valence electrons. The van der Waals surface area contributed by atoms with Gasteiger partial charge in [-0.15, -0.1) is 11.3 Å². The second-order valence-corrected chi connectivity index (χ2v) is 8.85. The number of aryl methyl sites for hydroxylation is 1.